The summed E-state index contributed by atoms with van der Waals surface area (Å²) >= 11 is 11.1. The second-order valence-electron chi connectivity index (χ2n) is 4.12. The number of rotatable bonds is 7. The molecule has 0 saturated heterocycles. The molecule has 4 heteroatoms. The van der Waals surface area contributed by atoms with Crippen molar-refractivity contribution in [1.29, 1.82) is 0 Å². The van der Waals surface area contributed by atoms with Crippen LogP contribution in [0.15, 0.2) is 10.5 Å². The van der Waals surface area contributed by atoms with Crippen LogP contribution in [0.3, 0.4) is 0 Å². The summed E-state index contributed by atoms with van der Waals surface area (Å²) in [5.74, 6) is 0.777. The fourth-order valence-corrected chi connectivity index (χ4v) is 3.38. The van der Waals surface area contributed by atoms with Gasteiger partial charge in [0.1, 0.15) is 4.34 Å². The van der Waals surface area contributed by atoms with Crippen LogP contribution in [0.25, 0.3) is 0 Å². The summed E-state index contributed by atoms with van der Waals surface area (Å²) in [4.78, 5) is 1.38. The SMILES string of the molecule is CCNCCC(C)CCc1cc(Br)c(Cl)s1. The lowest BCUT2D eigenvalue weighted by atomic mass is 10.0. The van der Waals surface area contributed by atoms with Crippen molar-refractivity contribution in [1.82, 2.24) is 5.32 Å². The third-order valence-electron chi connectivity index (χ3n) is 2.64. The van der Waals surface area contributed by atoms with E-state index in [0.717, 1.165) is 34.2 Å². The third-order valence-corrected chi connectivity index (χ3v) is 5.18. The zero-order valence-electron chi connectivity index (χ0n) is 9.85. The van der Waals surface area contributed by atoms with Crippen LogP contribution in [0.2, 0.25) is 4.34 Å². The first-order chi connectivity index (χ1) is 7.63. The third kappa shape index (κ3) is 5.17. The molecule has 1 aromatic heterocycles. The minimum Gasteiger partial charge on any atom is -0.317 e. The Hall–Kier alpha value is 0.430. The molecule has 0 bridgehead atoms. The molecule has 0 radical (unpaired) electrons. The van der Waals surface area contributed by atoms with Gasteiger partial charge in [0.15, 0.2) is 0 Å². The highest BCUT2D eigenvalue weighted by Crippen LogP contribution is 2.33. The first kappa shape index (κ1) is 14.5. The standard InChI is InChI=1S/C12H19BrClNS/c1-3-15-7-6-9(2)4-5-10-8-11(13)12(14)16-10/h8-9,15H,3-7H2,1-2H3. The van der Waals surface area contributed by atoms with E-state index in [2.05, 4.69) is 41.2 Å². The van der Waals surface area contributed by atoms with Crippen molar-refractivity contribution in [3.05, 3.63) is 19.8 Å². The number of aryl methyl sites for hydroxylation is 1. The van der Waals surface area contributed by atoms with E-state index in [4.69, 9.17) is 11.6 Å². The van der Waals surface area contributed by atoms with Crippen molar-refractivity contribution in [2.24, 2.45) is 5.92 Å². The van der Waals surface area contributed by atoms with Crippen LogP contribution in [0.5, 0.6) is 0 Å². The molecule has 0 aromatic carbocycles. The van der Waals surface area contributed by atoms with Gasteiger partial charge in [0, 0.05) is 9.35 Å². The first-order valence-corrected chi connectivity index (χ1v) is 7.76. The number of hydrogen-bond acceptors (Lipinski definition) is 2. The zero-order valence-corrected chi connectivity index (χ0v) is 13.0. The average Bonchev–Trinajstić information content (AvgIpc) is 2.56. The highest BCUT2D eigenvalue weighted by molar-refractivity contribution is 9.10. The Labute approximate surface area is 116 Å². The smallest absolute Gasteiger partial charge is 0.107 e. The van der Waals surface area contributed by atoms with Gasteiger partial charge in [-0.1, -0.05) is 25.4 Å². The maximum Gasteiger partial charge on any atom is 0.107 e. The van der Waals surface area contributed by atoms with Crippen molar-refractivity contribution in [3.63, 3.8) is 0 Å². The summed E-state index contributed by atoms with van der Waals surface area (Å²) < 4.78 is 1.91. The quantitative estimate of drug-likeness (QED) is 0.715. The number of thiophene rings is 1. The Morgan fingerprint density at radius 2 is 2.25 bits per heavy atom. The van der Waals surface area contributed by atoms with Crippen LogP contribution in [0.1, 0.15) is 31.6 Å². The molecule has 1 nitrogen and oxygen atoms in total. The highest BCUT2D eigenvalue weighted by Gasteiger charge is 2.07. The van der Waals surface area contributed by atoms with E-state index in [1.165, 1.54) is 17.7 Å². The number of nitrogens with one attached hydrogen (secondary N) is 1. The minimum atomic E-state index is 0.777. The van der Waals surface area contributed by atoms with Gasteiger partial charge < -0.3 is 5.32 Å². The average molecular weight is 325 g/mol. The molecule has 1 unspecified atom stereocenters. The van der Waals surface area contributed by atoms with Crippen molar-refractivity contribution >= 4 is 38.9 Å². The second-order valence-corrected chi connectivity index (χ2v) is 6.71. The monoisotopic (exact) mass is 323 g/mol. The Morgan fingerprint density at radius 3 is 2.81 bits per heavy atom. The summed E-state index contributed by atoms with van der Waals surface area (Å²) in [5.41, 5.74) is 0. The van der Waals surface area contributed by atoms with Crippen LogP contribution in [-0.4, -0.2) is 13.1 Å². The van der Waals surface area contributed by atoms with E-state index in [0.29, 0.717) is 0 Å². The van der Waals surface area contributed by atoms with Gasteiger partial charge in [-0.2, -0.15) is 0 Å². The van der Waals surface area contributed by atoms with Crippen LogP contribution >= 0.6 is 38.9 Å². The van der Waals surface area contributed by atoms with Gasteiger partial charge in [-0.05, 0) is 60.3 Å². The maximum absolute atomic E-state index is 6.01. The lowest BCUT2D eigenvalue weighted by Crippen LogP contribution is -2.16. The molecule has 1 aromatic rings. The normalized spacial score (nSPS) is 13.0. The summed E-state index contributed by atoms with van der Waals surface area (Å²) in [6.45, 7) is 6.67. The van der Waals surface area contributed by atoms with Crippen molar-refractivity contribution in [2.75, 3.05) is 13.1 Å². The molecule has 16 heavy (non-hydrogen) atoms. The van der Waals surface area contributed by atoms with E-state index in [9.17, 15) is 0 Å². The number of hydrogen-bond donors (Lipinski definition) is 1. The minimum absolute atomic E-state index is 0.777. The molecule has 0 saturated carbocycles. The van der Waals surface area contributed by atoms with Crippen LogP contribution in [0.4, 0.5) is 0 Å². The molecule has 0 aliphatic carbocycles. The molecular weight excluding hydrogens is 306 g/mol. The molecule has 1 rings (SSSR count). The van der Waals surface area contributed by atoms with Gasteiger partial charge in [-0.15, -0.1) is 11.3 Å². The lowest BCUT2D eigenvalue weighted by molar-refractivity contribution is 0.475. The van der Waals surface area contributed by atoms with E-state index < -0.39 is 0 Å². The fourth-order valence-electron chi connectivity index (χ4n) is 1.57. The van der Waals surface area contributed by atoms with Crippen LogP contribution < -0.4 is 5.32 Å². The van der Waals surface area contributed by atoms with Crippen molar-refractivity contribution < 1.29 is 0 Å². The molecule has 0 amide bonds. The second kappa shape index (κ2) is 7.70. The van der Waals surface area contributed by atoms with Crippen LogP contribution in [0, 0.1) is 5.92 Å². The highest BCUT2D eigenvalue weighted by atomic mass is 79.9. The molecule has 0 spiro atoms. The van der Waals surface area contributed by atoms with Crippen molar-refractivity contribution in [2.45, 2.75) is 33.1 Å². The molecule has 1 heterocycles. The summed E-state index contributed by atoms with van der Waals surface area (Å²) in [6, 6.07) is 2.14. The van der Waals surface area contributed by atoms with E-state index in [1.807, 2.05) is 0 Å². The van der Waals surface area contributed by atoms with Gasteiger partial charge in [-0.3, -0.25) is 0 Å². The fraction of sp³-hybridized carbons (Fsp3) is 0.667. The predicted octanol–water partition coefficient (Wildman–Crippen LogP) is 4.73. The Balaban J connectivity index is 2.23. The summed E-state index contributed by atoms with van der Waals surface area (Å²) in [6.07, 6.45) is 3.64. The maximum atomic E-state index is 6.01. The van der Waals surface area contributed by atoms with E-state index >= 15 is 0 Å². The van der Waals surface area contributed by atoms with E-state index in [1.54, 1.807) is 11.3 Å². The lowest BCUT2D eigenvalue weighted by Gasteiger charge is -2.10. The van der Waals surface area contributed by atoms with Crippen LogP contribution in [-0.2, 0) is 6.42 Å². The Morgan fingerprint density at radius 1 is 1.50 bits per heavy atom. The van der Waals surface area contributed by atoms with Gasteiger partial charge in [0.2, 0.25) is 0 Å². The van der Waals surface area contributed by atoms with Crippen molar-refractivity contribution in [3.8, 4) is 0 Å². The molecular formula is C12H19BrClNS. The number of halogens is 2. The molecule has 1 N–H and O–H groups in total. The van der Waals surface area contributed by atoms with E-state index in [-0.39, 0.29) is 0 Å². The predicted molar refractivity (Wildman–Crippen MR) is 77.7 cm³/mol. The first-order valence-electron chi connectivity index (χ1n) is 5.78. The molecule has 1 atom stereocenters. The van der Waals surface area contributed by atoms with Gasteiger partial charge in [0.25, 0.3) is 0 Å². The summed E-state index contributed by atoms with van der Waals surface area (Å²) in [5, 5.41) is 3.36. The van der Waals surface area contributed by atoms with Gasteiger partial charge in [0.05, 0.1) is 0 Å². The largest absolute Gasteiger partial charge is 0.317 e. The topological polar surface area (TPSA) is 12.0 Å². The Bertz CT molecular complexity index is 294. The van der Waals surface area contributed by atoms with Gasteiger partial charge in [-0.25, -0.2) is 0 Å². The zero-order chi connectivity index (χ0) is 12.0. The summed E-state index contributed by atoms with van der Waals surface area (Å²) in [7, 11) is 0. The molecule has 0 fully saturated rings. The molecule has 0 aliphatic rings. The Kier molecular flexibility index (Phi) is 6.97. The molecule has 92 valence electrons. The van der Waals surface area contributed by atoms with Gasteiger partial charge >= 0.3 is 0 Å². The molecule has 0 aliphatic heterocycles.